The Morgan fingerprint density at radius 3 is 2.21 bits per heavy atom. The molecule has 0 spiro atoms. The van der Waals surface area contributed by atoms with Crippen LogP contribution in [0.15, 0.2) is 58.3 Å². The molecule has 2 aromatic carbocycles. The first-order chi connectivity index (χ1) is 13.4. The molecule has 0 aromatic heterocycles. The van der Waals surface area contributed by atoms with Gasteiger partial charge in [-0.15, -0.1) is 0 Å². The number of hydrogen-bond acceptors (Lipinski definition) is 6. The summed E-state index contributed by atoms with van der Waals surface area (Å²) in [7, 11) is -3.04. The number of amides is 1. The summed E-state index contributed by atoms with van der Waals surface area (Å²) >= 11 is 1.59. The van der Waals surface area contributed by atoms with E-state index < -0.39 is 15.8 Å². The first kappa shape index (κ1) is 19.0. The maximum atomic E-state index is 12.9. The van der Waals surface area contributed by atoms with E-state index in [1.807, 2.05) is 48.5 Å². The molecule has 0 bridgehead atoms. The SMILES string of the molecule is O=C(C[C@@H]1CCS(=O)(=O)C1)OCC(=O)N1c2ccccc2Sc2ccccc21. The van der Waals surface area contributed by atoms with Crippen molar-refractivity contribution in [2.24, 2.45) is 5.92 Å². The van der Waals surface area contributed by atoms with Crippen LogP contribution in [-0.4, -0.2) is 38.4 Å². The van der Waals surface area contributed by atoms with Crippen LogP contribution < -0.4 is 4.90 Å². The average Bonchev–Trinajstić information content (AvgIpc) is 3.02. The highest BCUT2D eigenvalue weighted by Crippen LogP contribution is 2.47. The number of hydrogen-bond donors (Lipinski definition) is 0. The Hall–Kier alpha value is -2.32. The fraction of sp³-hybridized carbons (Fsp3) is 0.300. The number of nitrogens with zero attached hydrogens (tertiary/aromatic N) is 1. The van der Waals surface area contributed by atoms with Crippen LogP contribution in [0.1, 0.15) is 12.8 Å². The molecule has 2 aromatic rings. The van der Waals surface area contributed by atoms with Crippen molar-refractivity contribution in [3.05, 3.63) is 48.5 Å². The second kappa shape index (κ2) is 7.60. The molecule has 0 saturated carbocycles. The number of sulfone groups is 1. The molecular formula is C20H19NO5S2. The van der Waals surface area contributed by atoms with Gasteiger partial charge in [-0.1, -0.05) is 36.0 Å². The van der Waals surface area contributed by atoms with Gasteiger partial charge < -0.3 is 4.74 Å². The minimum atomic E-state index is -3.04. The molecule has 1 amide bonds. The number of fused-ring (bicyclic) bond motifs is 2. The molecule has 8 heteroatoms. The Bertz CT molecular complexity index is 989. The van der Waals surface area contributed by atoms with Gasteiger partial charge in [0.1, 0.15) is 0 Å². The molecule has 1 atom stereocenters. The molecule has 0 aliphatic carbocycles. The molecular weight excluding hydrogens is 398 g/mol. The van der Waals surface area contributed by atoms with Gasteiger partial charge in [0.25, 0.3) is 5.91 Å². The van der Waals surface area contributed by atoms with E-state index in [-0.39, 0.29) is 36.4 Å². The Kier molecular flexibility index (Phi) is 5.16. The van der Waals surface area contributed by atoms with E-state index in [2.05, 4.69) is 0 Å². The third-order valence-electron chi connectivity index (χ3n) is 4.82. The van der Waals surface area contributed by atoms with Crippen LogP contribution >= 0.6 is 11.8 Å². The number of rotatable bonds is 4. The summed E-state index contributed by atoms with van der Waals surface area (Å²) < 4.78 is 28.2. The second-order valence-electron chi connectivity index (χ2n) is 6.90. The number of benzene rings is 2. The van der Waals surface area contributed by atoms with Gasteiger partial charge in [-0.3, -0.25) is 14.5 Å². The van der Waals surface area contributed by atoms with Crippen molar-refractivity contribution in [3.63, 3.8) is 0 Å². The van der Waals surface area contributed by atoms with E-state index in [4.69, 9.17) is 4.74 Å². The molecule has 146 valence electrons. The maximum Gasteiger partial charge on any atom is 0.306 e. The van der Waals surface area contributed by atoms with Crippen molar-refractivity contribution in [1.82, 2.24) is 0 Å². The largest absolute Gasteiger partial charge is 0.456 e. The molecule has 0 N–H and O–H groups in total. The van der Waals surface area contributed by atoms with Gasteiger partial charge in [-0.05, 0) is 36.6 Å². The van der Waals surface area contributed by atoms with Gasteiger partial charge in [-0.25, -0.2) is 8.42 Å². The first-order valence-corrected chi connectivity index (χ1v) is 11.6. The van der Waals surface area contributed by atoms with E-state index in [9.17, 15) is 18.0 Å². The summed E-state index contributed by atoms with van der Waals surface area (Å²) in [5.74, 6) is -0.973. The number of para-hydroxylation sites is 2. The van der Waals surface area contributed by atoms with Crippen molar-refractivity contribution < 1.29 is 22.7 Å². The third-order valence-corrected chi connectivity index (χ3v) is 7.79. The zero-order valence-electron chi connectivity index (χ0n) is 15.0. The summed E-state index contributed by atoms with van der Waals surface area (Å²) in [5.41, 5.74) is 1.52. The Balaban J connectivity index is 1.46. The number of esters is 1. The lowest BCUT2D eigenvalue weighted by Gasteiger charge is -2.30. The van der Waals surface area contributed by atoms with E-state index >= 15 is 0 Å². The molecule has 6 nitrogen and oxygen atoms in total. The van der Waals surface area contributed by atoms with Gasteiger partial charge in [0, 0.05) is 16.2 Å². The van der Waals surface area contributed by atoms with Crippen LogP contribution in [0, 0.1) is 5.92 Å². The highest BCUT2D eigenvalue weighted by Gasteiger charge is 2.31. The van der Waals surface area contributed by atoms with Crippen molar-refractivity contribution in [3.8, 4) is 0 Å². The van der Waals surface area contributed by atoms with Gasteiger partial charge >= 0.3 is 5.97 Å². The Morgan fingerprint density at radius 2 is 1.64 bits per heavy atom. The summed E-state index contributed by atoms with van der Waals surface area (Å²) in [6.45, 7) is -0.383. The zero-order chi connectivity index (χ0) is 19.7. The van der Waals surface area contributed by atoms with Crippen LogP contribution in [0.25, 0.3) is 0 Å². The van der Waals surface area contributed by atoms with Gasteiger partial charge in [-0.2, -0.15) is 0 Å². The molecule has 4 rings (SSSR count). The van der Waals surface area contributed by atoms with Crippen LogP contribution in [0.2, 0.25) is 0 Å². The molecule has 1 saturated heterocycles. The molecule has 2 aliphatic heterocycles. The number of ether oxygens (including phenoxy) is 1. The average molecular weight is 418 g/mol. The standard InChI is InChI=1S/C20H19NO5S2/c22-19(12-26-20(23)11-14-9-10-28(24,25)13-14)21-15-5-1-3-7-17(15)27-18-8-4-2-6-16(18)21/h1-8,14H,9-13H2/t14-/m0/s1. The van der Waals surface area contributed by atoms with Crippen molar-refractivity contribution in [2.75, 3.05) is 23.0 Å². The Labute approximate surface area is 167 Å². The van der Waals surface area contributed by atoms with E-state index in [0.717, 1.165) is 21.2 Å². The van der Waals surface area contributed by atoms with Crippen LogP contribution in [0.3, 0.4) is 0 Å². The van der Waals surface area contributed by atoms with Crippen molar-refractivity contribution in [2.45, 2.75) is 22.6 Å². The number of anilines is 2. The lowest BCUT2D eigenvalue weighted by atomic mass is 10.1. The topological polar surface area (TPSA) is 80.7 Å². The molecule has 2 heterocycles. The maximum absolute atomic E-state index is 12.9. The predicted molar refractivity (Wildman–Crippen MR) is 106 cm³/mol. The van der Waals surface area contributed by atoms with E-state index in [1.54, 1.807) is 16.7 Å². The minimum absolute atomic E-state index is 0.0140. The smallest absolute Gasteiger partial charge is 0.306 e. The fourth-order valence-electron chi connectivity index (χ4n) is 3.51. The van der Waals surface area contributed by atoms with Crippen LogP contribution in [-0.2, 0) is 24.2 Å². The van der Waals surface area contributed by atoms with Crippen LogP contribution in [0.4, 0.5) is 11.4 Å². The predicted octanol–water partition coefficient (Wildman–Crippen LogP) is 3.18. The molecule has 2 aliphatic rings. The van der Waals surface area contributed by atoms with Gasteiger partial charge in [0.05, 0.1) is 22.9 Å². The van der Waals surface area contributed by atoms with Gasteiger partial charge in [0.2, 0.25) is 0 Å². The minimum Gasteiger partial charge on any atom is -0.456 e. The van der Waals surface area contributed by atoms with E-state index in [0.29, 0.717) is 6.42 Å². The van der Waals surface area contributed by atoms with Gasteiger partial charge in [0.15, 0.2) is 16.4 Å². The summed E-state index contributed by atoms with van der Waals surface area (Å²) in [4.78, 5) is 28.5. The molecule has 28 heavy (non-hydrogen) atoms. The van der Waals surface area contributed by atoms with Crippen molar-refractivity contribution >= 4 is 44.9 Å². The number of carbonyl (C=O) groups excluding carboxylic acids is 2. The molecule has 0 radical (unpaired) electrons. The quantitative estimate of drug-likeness (QED) is 0.711. The highest BCUT2D eigenvalue weighted by atomic mass is 32.2. The fourth-order valence-corrected chi connectivity index (χ4v) is 6.43. The number of carbonyl (C=O) groups is 2. The lowest BCUT2D eigenvalue weighted by Crippen LogP contribution is -2.32. The highest BCUT2D eigenvalue weighted by molar-refractivity contribution is 7.99. The summed E-state index contributed by atoms with van der Waals surface area (Å²) in [6.07, 6.45) is 0.491. The van der Waals surface area contributed by atoms with E-state index in [1.165, 1.54) is 0 Å². The Morgan fingerprint density at radius 1 is 1.04 bits per heavy atom. The second-order valence-corrected chi connectivity index (χ2v) is 10.2. The monoisotopic (exact) mass is 417 g/mol. The first-order valence-electron chi connectivity index (χ1n) is 8.98. The normalized spacial score (nSPS) is 19.6. The third kappa shape index (κ3) is 3.93. The lowest BCUT2D eigenvalue weighted by molar-refractivity contribution is -0.148. The zero-order valence-corrected chi connectivity index (χ0v) is 16.7. The molecule has 1 fully saturated rings. The summed E-state index contributed by atoms with van der Waals surface area (Å²) in [5, 5.41) is 0. The molecule has 0 unspecified atom stereocenters. The van der Waals surface area contributed by atoms with Crippen molar-refractivity contribution in [1.29, 1.82) is 0 Å². The summed E-state index contributed by atoms with van der Waals surface area (Å²) in [6, 6.07) is 15.2. The van der Waals surface area contributed by atoms with Crippen LogP contribution in [0.5, 0.6) is 0 Å².